The van der Waals surface area contributed by atoms with E-state index in [1.807, 2.05) is 55.6 Å². The van der Waals surface area contributed by atoms with Crippen LogP contribution in [0.3, 0.4) is 0 Å². The largest absolute Gasteiger partial charge is 0.350 e. The number of nitrogens with one attached hydrogen (secondary N) is 1. The van der Waals surface area contributed by atoms with Crippen LogP contribution in [0.5, 0.6) is 0 Å². The zero-order chi connectivity index (χ0) is 16.2. The summed E-state index contributed by atoms with van der Waals surface area (Å²) in [4.78, 5) is 21.5. The standard InChI is InChI=1S/C18H19N3OS/c1-12(2)10-15(22)16-17-14(8-9-23-17)20-18(21-16)19-11-13-6-4-3-5-7-13/h3-9,12H,10-11H2,1-2H3,(H,19,20,21). The summed E-state index contributed by atoms with van der Waals surface area (Å²) in [6.07, 6.45) is 0.502. The van der Waals surface area contributed by atoms with Gasteiger partial charge in [0.05, 0.1) is 10.2 Å². The van der Waals surface area contributed by atoms with Crippen LogP contribution in [0.15, 0.2) is 41.8 Å². The maximum Gasteiger partial charge on any atom is 0.224 e. The zero-order valence-electron chi connectivity index (χ0n) is 13.2. The summed E-state index contributed by atoms with van der Waals surface area (Å²) in [5, 5.41) is 5.17. The lowest BCUT2D eigenvalue weighted by Gasteiger charge is -2.09. The van der Waals surface area contributed by atoms with Gasteiger partial charge in [-0.1, -0.05) is 44.2 Å². The minimum atomic E-state index is 0.0811. The highest BCUT2D eigenvalue weighted by molar-refractivity contribution is 7.17. The Labute approximate surface area is 139 Å². The first-order valence-corrected chi connectivity index (χ1v) is 8.57. The zero-order valence-corrected chi connectivity index (χ0v) is 14.1. The van der Waals surface area contributed by atoms with Gasteiger partial charge >= 0.3 is 0 Å². The van der Waals surface area contributed by atoms with Crippen molar-refractivity contribution in [2.24, 2.45) is 5.92 Å². The first-order chi connectivity index (χ1) is 11.1. The van der Waals surface area contributed by atoms with Crippen LogP contribution in [0.25, 0.3) is 10.2 Å². The van der Waals surface area contributed by atoms with Crippen molar-refractivity contribution in [2.45, 2.75) is 26.8 Å². The number of carbonyl (C=O) groups is 1. The Morgan fingerprint density at radius 2 is 1.96 bits per heavy atom. The minimum absolute atomic E-state index is 0.0811. The van der Waals surface area contributed by atoms with E-state index < -0.39 is 0 Å². The Morgan fingerprint density at radius 3 is 2.70 bits per heavy atom. The highest BCUT2D eigenvalue weighted by Gasteiger charge is 2.17. The molecule has 2 aromatic heterocycles. The molecule has 0 spiro atoms. The van der Waals surface area contributed by atoms with Gasteiger partial charge in [0.25, 0.3) is 0 Å². The van der Waals surface area contributed by atoms with Crippen LogP contribution in [0, 0.1) is 5.92 Å². The summed E-state index contributed by atoms with van der Waals surface area (Å²) in [5.74, 6) is 0.901. The molecule has 0 unspecified atom stereocenters. The summed E-state index contributed by atoms with van der Waals surface area (Å²) >= 11 is 1.52. The Balaban J connectivity index is 1.87. The van der Waals surface area contributed by atoms with Gasteiger partial charge in [-0.3, -0.25) is 4.79 Å². The molecule has 3 rings (SSSR count). The van der Waals surface area contributed by atoms with Crippen molar-refractivity contribution in [3.63, 3.8) is 0 Å². The Bertz CT molecular complexity index is 812. The van der Waals surface area contributed by atoms with Gasteiger partial charge in [0.2, 0.25) is 5.95 Å². The fourth-order valence-electron chi connectivity index (χ4n) is 2.38. The van der Waals surface area contributed by atoms with Gasteiger partial charge in [0.1, 0.15) is 5.69 Å². The number of Topliss-reactive ketones (excluding diaryl/α,β-unsaturated/α-hetero) is 1. The van der Waals surface area contributed by atoms with Crippen molar-refractivity contribution in [2.75, 3.05) is 5.32 Å². The van der Waals surface area contributed by atoms with E-state index in [-0.39, 0.29) is 5.78 Å². The van der Waals surface area contributed by atoms with E-state index in [9.17, 15) is 4.79 Å². The summed E-state index contributed by atoms with van der Waals surface area (Å²) in [7, 11) is 0. The van der Waals surface area contributed by atoms with Gasteiger partial charge in [-0.05, 0) is 22.9 Å². The third kappa shape index (κ3) is 3.74. The maximum absolute atomic E-state index is 12.5. The average Bonchev–Trinajstić information content (AvgIpc) is 3.00. The van der Waals surface area contributed by atoms with Gasteiger partial charge in [-0.25, -0.2) is 9.97 Å². The van der Waals surface area contributed by atoms with E-state index in [2.05, 4.69) is 15.3 Å². The molecule has 2 heterocycles. The van der Waals surface area contributed by atoms with E-state index in [1.54, 1.807) is 0 Å². The van der Waals surface area contributed by atoms with Crippen LogP contribution >= 0.6 is 11.3 Å². The van der Waals surface area contributed by atoms with Crippen LogP contribution in [0.2, 0.25) is 0 Å². The molecule has 0 amide bonds. The number of thiophene rings is 1. The lowest BCUT2D eigenvalue weighted by atomic mass is 10.0. The number of rotatable bonds is 6. The predicted molar refractivity (Wildman–Crippen MR) is 95.0 cm³/mol. The molecule has 0 aliphatic carbocycles. The van der Waals surface area contributed by atoms with Crippen molar-refractivity contribution in [1.29, 1.82) is 0 Å². The molecular weight excluding hydrogens is 306 g/mol. The van der Waals surface area contributed by atoms with Crippen molar-refractivity contribution < 1.29 is 4.79 Å². The molecule has 0 saturated heterocycles. The van der Waals surface area contributed by atoms with Crippen molar-refractivity contribution >= 4 is 33.3 Å². The van der Waals surface area contributed by atoms with E-state index in [0.717, 1.165) is 15.8 Å². The fourth-order valence-corrected chi connectivity index (χ4v) is 3.21. The number of anilines is 1. The number of hydrogen-bond donors (Lipinski definition) is 1. The van der Waals surface area contributed by atoms with Gasteiger partial charge in [-0.2, -0.15) is 0 Å². The number of ketones is 1. The van der Waals surface area contributed by atoms with Crippen molar-refractivity contribution in [3.8, 4) is 0 Å². The second-order valence-corrected chi connectivity index (χ2v) is 6.81. The molecule has 0 bridgehead atoms. The monoisotopic (exact) mass is 325 g/mol. The van der Waals surface area contributed by atoms with Crippen molar-refractivity contribution in [3.05, 3.63) is 53.0 Å². The first kappa shape index (κ1) is 15.6. The third-order valence-corrected chi connectivity index (χ3v) is 4.37. The van der Waals surface area contributed by atoms with Gasteiger partial charge in [-0.15, -0.1) is 11.3 Å². The predicted octanol–water partition coefficient (Wildman–Crippen LogP) is 4.53. The molecule has 0 radical (unpaired) electrons. The quantitative estimate of drug-likeness (QED) is 0.676. The van der Waals surface area contributed by atoms with Crippen LogP contribution in [0.1, 0.15) is 36.3 Å². The summed E-state index contributed by atoms with van der Waals surface area (Å²) in [6, 6.07) is 12.0. The van der Waals surface area contributed by atoms with E-state index >= 15 is 0 Å². The van der Waals surface area contributed by atoms with Crippen LogP contribution < -0.4 is 5.32 Å². The molecule has 0 aliphatic heterocycles. The molecule has 1 N–H and O–H groups in total. The van der Waals surface area contributed by atoms with E-state index in [4.69, 9.17) is 0 Å². The van der Waals surface area contributed by atoms with E-state index in [1.165, 1.54) is 11.3 Å². The minimum Gasteiger partial charge on any atom is -0.350 e. The number of carbonyl (C=O) groups excluding carboxylic acids is 1. The molecule has 0 aliphatic rings. The molecule has 5 heteroatoms. The normalized spacial score (nSPS) is 11.1. The third-order valence-electron chi connectivity index (χ3n) is 3.45. The number of aromatic nitrogens is 2. The van der Waals surface area contributed by atoms with Crippen LogP contribution in [-0.4, -0.2) is 15.8 Å². The Hall–Kier alpha value is -2.27. The highest BCUT2D eigenvalue weighted by atomic mass is 32.1. The molecule has 23 heavy (non-hydrogen) atoms. The topological polar surface area (TPSA) is 54.9 Å². The molecule has 0 saturated carbocycles. The second-order valence-electron chi connectivity index (χ2n) is 5.89. The summed E-state index contributed by atoms with van der Waals surface area (Å²) in [6.45, 7) is 4.72. The Kier molecular flexibility index (Phi) is 4.67. The molecule has 4 nitrogen and oxygen atoms in total. The summed E-state index contributed by atoms with van der Waals surface area (Å²) < 4.78 is 0.876. The lowest BCUT2D eigenvalue weighted by molar-refractivity contribution is 0.0965. The molecule has 1 aromatic carbocycles. The number of hydrogen-bond acceptors (Lipinski definition) is 5. The number of fused-ring (bicyclic) bond motifs is 1. The van der Waals surface area contributed by atoms with Crippen molar-refractivity contribution in [1.82, 2.24) is 9.97 Å². The fraction of sp³-hybridized carbons (Fsp3) is 0.278. The van der Waals surface area contributed by atoms with Gasteiger partial charge in [0, 0.05) is 13.0 Å². The number of benzene rings is 1. The lowest BCUT2D eigenvalue weighted by Crippen LogP contribution is -2.10. The molecular formula is C18H19N3OS. The van der Waals surface area contributed by atoms with E-state index in [0.29, 0.717) is 30.5 Å². The average molecular weight is 325 g/mol. The van der Waals surface area contributed by atoms with Gasteiger partial charge < -0.3 is 5.32 Å². The smallest absolute Gasteiger partial charge is 0.224 e. The SMILES string of the molecule is CC(C)CC(=O)c1nc(NCc2ccccc2)nc2ccsc12. The molecule has 118 valence electrons. The summed E-state index contributed by atoms with van der Waals surface area (Å²) in [5.41, 5.74) is 2.51. The first-order valence-electron chi connectivity index (χ1n) is 7.69. The highest BCUT2D eigenvalue weighted by Crippen LogP contribution is 2.25. The molecule has 3 aromatic rings. The van der Waals surface area contributed by atoms with Crippen LogP contribution in [0.4, 0.5) is 5.95 Å². The second kappa shape index (κ2) is 6.87. The number of nitrogens with zero attached hydrogens (tertiary/aromatic N) is 2. The molecule has 0 fully saturated rings. The maximum atomic E-state index is 12.5. The Morgan fingerprint density at radius 1 is 1.17 bits per heavy atom. The van der Waals surface area contributed by atoms with Gasteiger partial charge in [0.15, 0.2) is 5.78 Å². The van der Waals surface area contributed by atoms with Crippen LogP contribution in [-0.2, 0) is 6.54 Å². The molecule has 0 atom stereocenters.